The molecule has 0 bridgehead atoms. The van der Waals surface area contributed by atoms with Crippen molar-refractivity contribution in [1.29, 1.82) is 0 Å². The van der Waals surface area contributed by atoms with E-state index in [0.29, 0.717) is 12.3 Å². The van der Waals surface area contributed by atoms with Gasteiger partial charge in [0.05, 0.1) is 5.69 Å². The van der Waals surface area contributed by atoms with Crippen LogP contribution in [0.3, 0.4) is 0 Å². The molecule has 160 valence electrons. The molecule has 0 atom stereocenters. The number of ether oxygens (including phenoxy) is 1. The van der Waals surface area contributed by atoms with E-state index in [1.807, 2.05) is 0 Å². The van der Waals surface area contributed by atoms with Gasteiger partial charge >= 0.3 is 6.09 Å². The van der Waals surface area contributed by atoms with Crippen LogP contribution in [0, 0.1) is 0 Å². The van der Waals surface area contributed by atoms with Gasteiger partial charge in [-0.15, -0.1) is 0 Å². The molecule has 6 nitrogen and oxygen atoms in total. The van der Waals surface area contributed by atoms with Gasteiger partial charge in [-0.25, -0.2) is 4.79 Å². The van der Waals surface area contributed by atoms with Crippen LogP contribution in [0.2, 0.25) is 0 Å². The first-order valence-electron chi connectivity index (χ1n) is 10.6. The molecule has 1 rings (SSSR count). The molecule has 0 saturated carbocycles. The van der Waals surface area contributed by atoms with Crippen LogP contribution in [0.4, 0.5) is 4.79 Å². The Kier molecular flexibility index (Phi) is 12.5. The molecule has 0 spiro atoms. The number of carbonyl (C=O) groups excluding carboxylic acids is 1. The van der Waals surface area contributed by atoms with Gasteiger partial charge in [0, 0.05) is 26.8 Å². The quantitative estimate of drug-likeness (QED) is 0.443. The Bertz CT molecular complexity index is 549. The number of hydrogen-bond acceptors (Lipinski definition) is 5. The molecule has 0 aliphatic carbocycles. The molecular formula is C22H40N4O2. The zero-order valence-electron chi connectivity index (χ0n) is 18.6. The van der Waals surface area contributed by atoms with Crippen LogP contribution in [0.1, 0.15) is 57.1 Å². The normalized spacial score (nSPS) is 11.2. The lowest BCUT2D eigenvalue weighted by Crippen LogP contribution is -2.26. The summed E-state index contributed by atoms with van der Waals surface area (Å²) in [5, 5.41) is 0. The zero-order valence-corrected chi connectivity index (χ0v) is 18.6. The molecule has 6 heteroatoms. The van der Waals surface area contributed by atoms with Crippen molar-refractivity contribution < 1.29 is 9.53 Å². The number of nitrogens with zero attached hydrogens (tertiary/aromatic N) is 4. The van der Waals surface area contributed by atoms with Gasteiger partial charge < -0.3 is 19.4 Å². The Hall–Kier alpha value is -1.66. The van der Waals surface area contributed by atoms with Gasteiger partial charge in [0.15, 0.2) is 5.75 Å². The topological polar surface area (TPSA) is 48.9 Å². The van der Waals surface area contributed by atoms with E-state index >= 15 is 0 Å². The first kappa shape index (κ1) is 24.4. The monoisotopic (exact) mass is 392 g/mol. The van der Waals surface area contributed by atoms with E-state index in [2.05, 4.69) is 35.9 Å². The van der Waals surface area contributed by atoms with Crippen molar-refractivity contribution >= 4 is 6.09 Å². The third kappa shape index (κ3) is 11.2. The molecule has 0 aliphatic heterocycles. The van der Waals surface area contributed by atoms with Crippen molar-refractivity contribution in [3.8, 4) is 5.75 Å². The summed E-state index contributed by atoms with van der Waals surface area (Å²) in [5.74, 6) is 0.544. The van der Waals surface area contributed by atoms with Gasteiger partial charge in [-0.1, -0.05) is 38.5 Å². The van der Waals surface area contributed by atoms with Crippen LogP contribution in [0.5, 0.6) is 5.75 Å². The van der Waals surface area contributed by atoms with Crippen molar-refractivity contribution in [3.63, 3.8) is 0 Å². The molecule has 0 aromatic carbocycles. The smallest absolute Gasteiger partial charge is 0.408 e. The molecular weight excluding hydrogens is 352 g/mol. The third-order valence-electron chi connectivity index (χ3n) is 4.73. The maximum Gasteiger partial charge on any atom is 0.414 e. The average molecular weight is 393 g/mol. The minimum atomic E-state index is -0.376. The average Bonchev–Trinajstić information content (AvgIpc) is 2.64. The number of rotatable bonds is 14. The lowest BCUT2D eigenvalue weighted by molar-refractivity contribution is 0.170. The van der Waals surface area contributed by atoms with Crippen molar-refractivity contribution in [2.45, 2.75) is 57.9 Å². The van der Waals surface area contributed by atoms with E-state index in [-0.39, 0.29) is 6.09 Å². The highest BCUT2D eigenvalue weighted by Crippen LogP contribution is 2.18. The van der Waals surface area contributed by atoms with Crippen LogP contribution in [-0.2, 0) is 6.54 Å². The van der Waals surface area contributed by atoms with E-state index in [9.17, 15) is 4.79 Å². The van der Waals surface area contributed by atoms with Crippen LogP contribution in [0.25, 0.3) is 0 Å². The van der Waals surface area contributed by atoms with Crippen molar-refractivity contribution in [2.75, 3.05) is 48.3 Å². The molecule has 0 aliphatic rings. The minimum absolute atomic E-state index is 0.376. The fourth-order valence-corrected chi connectivity index (χ4v) is 3.03. The predicted octanol–water partition coefficient (Wildman–Crippen LogP) is 4.26. The lowest BCUT2D eigenvalue weighted by atomic mass is 10.1. The van der Waals surface area contributed by atoms with E-state index < -0.39 is 0 Å². The van der Waals surface area contributed by atoms with Gasteiger partial charge in [-0.05, 0) is 59.2 Å². The second-order valence-corrected chi connectivity index (χ2v) is 8.08. The first-order valence-corrected chi connectivity index (χ1v) is 10.6. The van der Waals surface area contributed by atoms with E-state index in [0.717, 1.165) is 12.2 Å². The number of aromatic nitrogens is 1. The van der Waals surface area contributed by atoms with Crippen molar-refractivity contribution in [1.82, 2.24) is 19.7 Å². The Labute approximate surface area is 171 Å². The first-order chi connectivity index (χ1) is 13.4. The number of carbonyl (C=O) groups is 1. The van der Waals surface area contributed by atoms with Crippen molar-refractivity contribution in [3.05, 3.63) is 24.0 Å². The molecule has 1 aromatic rings. The predicted molar refractivity (Wildman–Crippen MR) is 116 cm³/mol. The second-order valence-electron chi connectivity index (χ2n) is 8.08. The largest absolute Gasteiger partial charge is 0.414 e. The highest BCUT2D eigenvalue weighted by atomic mass is 16.6. The Morgan fingerprint density at radius 3 is 2.04 bits per heavy atom. The number of pyridine rings is 1. The van der Waals surface area contributed by atoms with Gasteiger partial charge in [0.1, 0.15) is 0 Å². The Balaban J connectivity index is 2.17. The summed E-state index contributed by atoms with van der Waals surface area (Å²) in [4.78, 5) is 22.1. The Morgan fingerprint density at radius 2 is 1.46 bits per heavy atom. The number of unbranched alkanes of at least 4 members (excludes halogenated alkanes) is 7. The fraction of sp³-hybridized carbons (Fsp3) is 0.727. The molecule has 0 saturated heterocycles. The number of hydrogen-bond donors (Lipinski definition) is 0. The van der Waals surface area contributed by atoms with Crippen LogP contribution < -0.4 is 4.74 Å². The van der Waals surface area contributed by atoms with Crippen molar-refractivity contribution in [2.24, 2.45) is 0 Å². The molecule has 0 radical (unpaired) electrons. The highest BCUT2D eigenvalue weighted by molar-refractivity contribution is 5.70. The SMILES string of the molecule is CN(C)CCCCCCCCCCN(C)Cc1ncccc1OC(=O)N(C)C. The van der Waals surface area contributed by atoms with Gasteiger partial charge in [0.2, 0.25) is 0 Å². The van der Waals surface area contributed by atoms with E-state index in [4.69, 9.17) is 4.74 Å². The molecule has 0 unspecified atom stereocenters. The van der Waals surface area contributed by atoms with Crippen LogP contribution in [-0.4, -0.2) is 74.1 Å². The summed E-state index contributed by atoms with van der Waals surface area (Å²) >= 11 is 0. The summed E-state index contributed by atoms with van der Waals surface area (Å²) in [6.45, 7) is 2.92. The van der Waals surface area contributed by atoms with Gasteiger partial charge in [-0.3, -0.25) is 4.98 Å². The van der Waals surface area contributed by atoms with Crippen LogP contribution in [0.15, 0.2) is 18.3 Å². The molecule has 0 fully saturated rings. The van der Waals surface area contributed by atoms with E-state index in [1.54, 1.807) is 32.4 Å². The molecule has 1 heterocycles. The van der Waals surface area contributed by atoms with E-state index in [1.165, 1.54) is 62.8 Å². The highest BCUT2D eigenvalue weighted by Gasteiger charge is 2.13. The molecule has 1 amide bonds. The Morgan fingerprint density at radius 1 is 0.893 bits per heavy atom. The number of amides is 1. The maximum absolute atomic E-state index is 11.8. The molecule has 28 heavy (non-hydrogen) atoms. The second kappa shape index (κ2) is 14.4. The standard InChI is InChI=1S/C22H40N4O2/c1-24(2)17-12-10-8-6-7-9-11-13-18-26(5)19-20-21(15-14-16-23-20)28-22(27)25(3)4/h14-16H,6-13,17-19H2,1-5H3. The summed E-state index contributed by atoms with van der Waals surface area (Å²) < 4.78 is 5.41. The summed E-state index contributed by atoms with van der Waals surface area (Å²) in [6, 6.07) is 3.60. The summed E-state index contributed by atoms with van der Waals surface area (Å²) in [7, 11) is 9.73. The third-order valence-corrected chi connectivity index (χ3v) is 4.73. The minimum Gasteiger partial charge on any atom is -0.408 e. The fourth-order valence-electron chi connectivity index (χ4n) is 3.03. The maximum atomic E-state index is 11.8. The molecule has 0 N–H and O–H groups in total. The zero-order chi connectivity index (χ0) is 20.8. The summed E-state index contributed by atoms with van der Waals surface area (Å²) in [5.41, 5.74) is 0.804. The molecule has 1 aromatic heterocycles. The summed E-state index contributed by atoms with van der Waals surface area (Å²) in [6.07, 6.45) is 11.9. The van der Waals surface area contributed by atoms with Crippen LogP contribution >= 0.6 is 0 Å². The lowest BCUT2D eigenvalue weighted by Gasteiger charge is -2.18. The van der Waals surface area contributed by atoms with Gasteiger partial charge in [0.25, 0.3) is 0 Å². The van der Waals surface area contributed by atoms with Gasteiger partial charge in [-0.2, -0.15) is 0 Å².